The maximum absolute atomic E-state index is 12.5. The lowest BCUT2D eigenvalue weighted by Crippen LogP contribution is -2.15. The molecule has 0 aliphatic rings. The van der Waals surface area contributed by atoms with Gasteiger partial charge in [0, 0.05) is 40.7 Å². The van der Waals surface area contributed by atoms with Gasteiger partial charge in [0.25, 0.3) is 0 Å². The highest BCUT2D eigenvalue weighted by Crippen LogP contribution is 2.35. The molecule has 0 saturated carbocycles. The highest BCUT2D eigenvalue weighted by Gasteiger charge is 2.21. The van der Waals surface area contributed by atoms with Crippen molar-refractivity contribution in [2.45, 2.75) is 20.4 Å². The van der Waals surface area contributed by atoms with Gasteiger partial charge in [-0.1, -0.05) is 29.8 Å². The van der Waals surface area contributed by atoms with Crippen LogP contribution in [0.1, 0.15) is 31.4 Å². The lowest BCUT2D eigenvalue weighted by molar-refractivity contribution is 0.0479. The number of carbonyl (C=O) groups excluding carboxylic acids is 2. The van der Waals surface area contributed by atoms with Crippen molar-refractivity contribution in [3.05, 3.63) is 57.2 Å². The summed E-state index contributed by atoms with van der Waals surface area (Å²) >= 11 is 7.55. The van der Waals surface area contributed by atoms with Crippen LogP contribution in [0.5, 0.6) is 0 Å². The Morgan fingerprint density at radius 3 is 2.67 bits per heavy atom. The van der Waals surface area contributed by atoms with Crippen molar-refractivity contribution in [2.24, 2.45) is 0 Å². The fourth-order valence-electron chi connectivity index (χ4n) is 3.03. The van der Waals surface area contributed by atoms with Crippen molar-refractivity contribution < 1.29 is 19.1 Å². The van der Waals surface area contributed by atoms with Crippen LogP contribution < -0.4 is 0 Å². The predicted molar refractivity (Wildman–Crippen MR) is 107 cm³/mol. The van der Waals surface area contributed by atoms with Gasteiger partial charge >= 0.3 is 5.97 Å². The van der Waals surface area contributed by atoms with E-state index < -0.39 is 5.97 Å². The van der Waals surface area contributed by atoms with Crippen LogP contribution >= 0.6 is 22.9 Å². The first-order valence-electron chi connectivity index (χ1n) is 8.47. The van der Waals surface area contributed by atoms with E-state index in [1.54, 1.807) is 7.11 Å². The van der Waals surface area contributed by atoms with E-state index in [0.717, 1.165) is 21.5 Å². The Bertz CT molecular complexity index is 1000. The number of ether oxygens (including phenoxy) is 2. The number of halogens is 1. The normalized spacial score (nSPS) is 11.1. The smallest absolute Gasteiger partial charge is 0.350 e. The molecular formula is C20H20ClNO4S. The van der Waals surface area contributed by atoms with Crippen LogP contribution in [0.25, 0.3) is 10.1 Å². The number of benzene rings is 1. The molecule has 0 saturated heterocycles. The molecule has 0 aliphatic carbocycles. The van der Waals surface area contributed by atoms with Crippen LogP contribution in [0.2, 0.25) is 5.02 Å². The zero-order chi connectivity index (χ0) is 19.6. The van der Waals surface area contributed by atoms with E-state index in [1.165, 1.54) is 11.3 Å². The molecule has 0 spiro atoms. The van der Waals surface area contributed by atoms with Crippen molar-refractivity contribution in [3.63, 3.8) is 0 Å². The number of aromatic nitrogens is 1. The molecule has 27 heavy (non-hydrogen) atoms. The summed E-state index contributed by atoms with van der Waals surface area (Å²) < 4.78 is 13.3. The third kappa shape index (κ3) is 3.93. The summed E-state index contributed by atoms with van der Waals surface area (Å²) in [6, 6.07) is 9.30. The number of carbonyl (C=O) groups is 2. The van der Waals surface area contributed by atoms with E-state index in [0.29, 0.717) is 28.6 Å². The van der Waals surface area contributed by atoms with Crippen LogP contribution in [0.15, 0.2) is 30.3 Å². The van der Waals surface area contributed by atoms with Crippen LogP contribution in [-0.2, 0) is 16.0 Å². The SMILES string of the molecule is COCCn1c(C)cc(C(=O)COC(=O)c2sc3ccccc3c2Cl)c1C. The number of esters is 1. The van der Waals surface area contributed by atoms with Gasteiger partial charge in [0.15, 0.2) is 6.61 Å². The van der Waals surface area contributed by atoms with Gasteiger partial charge in [-0.3, -0.25) is 4.79 Å². The molecule has 7 heteroatoms. The monoisotopic (exact) mass is 405 g/mol. The number of fused-ring (bicyclic) bond motifs is 1. The maximum Gasteiger partial charge on any atom is 0.350 e. The molecule has 0 fully saturated rings. The summed E-state index contributed by atoms with van der Waals surface area (Å²) in [4.78, 5) is 25.3. The first kappa shape index (κ1) is 19.6. The second-order valence-electron chi connectivity index (χ2n) is 6.17. The minimum absolute atomic E-state index is 0.239. The standard InChI is InChI=1S/C20H20ClNO4S/c1-12-10-15(13(2)22(12)8-9-25-3)16(23)11-26-20(24)19-18(21)14-6-4-5-7-17(14)27-19/h4-7,10H,8-9,11H2,1-3H3. The third-order valence-electron chi connectivity index (χ3n) is 4.45. The molecule has 2 heterocycles. The molecule has 0 aliphatic heterocycles. The maximum atomic E-state index is 12.5. The lowest BCUT2D eigenvalue weighted by atomic mass is 10.1. The molecule has 0 unspecified atom stereocenters. The van der Waals surface area contributed by atoms with Crippen molar-refractivity contribution in [2.75, 3.05) is 20.3 Å². The molecule has 1 aromatic carbocycles. The largest absolute Gasteiger partial charge is 0.453 e. The molecule has 3 aromatic rings. The molecule has 0 bridgehead atoms. The number of nitrogens with zero attached hydrogens (tertiary/aromatic N) is 1. The van der Waals surface area contributed by atoms with Gasteiger partial charge in [-0.05, 0) is 26.0 Å². The molecule has 5 nitrogen and oxygen atoms in total. The van der Waals surface area contributed by atoms with Crippen molar-refractivity contribution >= 4 is 44.8 Å². The number of aryl methyl sites for hydroxylation is 1. The fraction of sp³-hybridized carbons (Fsp3) is 0.300. The Balaban J connectivity index is 1.72. The van der Waals surface area contributed by atoms with Gasteiger partial charge in [-0.15, -0.1) is 11.3 Å². The first-order chi connectivity index (χ1) is 12.9. The highest BCUT2D eigenvalue weighted by molar-refractivity contribution is 7.21. The van der Waals surface area contributed by atoms with Gasteiger partial charge < -0.3 is 14.0 Å². The third-order valence-corrected chi connectivity index (χ3v) is 6.10. The van der Waals surface area contributed by atoms with Crippen molar-refractivity contribution in [1.29, 1.82) is 0 Å². The van der Waals surface area contributed by atoms with Crippen molar-refractivity contribution in [3.8, 4) is 0 Å². The Hall–Kier alpha value is -2.15. The number of thiophene rings is 1. The minimum Gasteiger partial charge on any atom is -0.453 e. The Morgan fingerprint density at radius 2 is 1.96 bits per heavy atom. The molecule has 0 amide bonds. The zero-order valence-electron chi connectivity index (χ0n) is 15.4. The van der Waals surface area contributed by atoms with Crippen LogP contribution in [0, 0.1) is 13.8 Å². The van der Waals surface area contributed by atoms with Crippen LogP contribution in [0.4, 0.5) is 0 Å². The van der Waals surface area contributed by atoms with E-state index in [2.05, 4.69) is 0 Å². The van der Waals surface area contributed by atoms with Gasteiger partial charge in [0.2, 0.25) is 5.78 Å². The Labute approximate surface area is 166 Å². The van der Waals surface area contributed by atoms with Crippen LogP contribution in [-0.4, -0.2) is 36.6 Å². The number of methoxy groups -OCH3 is 1. The Morgan fingerprint density at radius 1 is 1.22 bits per heavy atom. The highest BCUT2D eigenvalue weighted by atomic mass is 35.5. The topological polar surface area (TPSA) is 57.5 Å². The number of Topliss-reactive ketones (excluding diaryl/α,β-unsaturated/α-hetero) is 1. The quantitative estimate of drug-likeness (QED) is 0.423. The molecule has 142 valence electrons. The summed E-state index contributed by atoms with van der Waals surface area (Å²) in [5.41, 5.74) is 2.36. The number of hydrogen-bond acceptors (Lipinski definition) is 5. The summed E-state index contributed by atoms with van der Waals surface area (Å²) in [6.07, 6.45) is 0. The summed E-state index contributed by atoms with van der Waals surface area (Å²) in [7, 11) is 1.64. The predicted octanol–water partition coefficient (Wildman–Crippen LogP) is 4.66. The van der Waals surface area contributed by atoms with E-state index >= 15 is 0 Å². The molecule has 0 atom stereocenters. The molecule has 0 N–H and O–H groups in total. The average Bonchev–Trinajstić information content (AvgIpc) is 3.15. The zero-order valence-corrected chi connectivity index (χ0v) is 16.9. The second-order valence-corrected chi connectivity index (χ2v) is 7.60. The summed E-state index contributed by atoms with van der Waals surface area (Å²) in [5.74, 6) is -0.819. The number of rotatable bonds is 7. The fourth-order valence-corrected chi connectivity index (χ4v) is 4.43. The van der Waals surface area contributed by atoms with E-state index in [-0.39, 0.29) is 12.4 Å². The number of hydrogen-bond donors (Lipinski definition) is 0. The Kier molecular flexibility index (Phi) is 5.99. The van der Waals surface area contributed by atoms with Gasteiger partial charge in [-0.2, -0.15) is 0 Å². The summed E-state index contributed by atoms with van der Waals surface area (Å²) in [6.45, 7) is 4.71. The van der Waals surface area contributed by atoms with E-state index in [4.69, 9.17) is 21.1 Å². The molecule has 3 rings (SSSR count). The lowest BCUT2D eigenvalue weighted by Gasteiger charge is -2.09. The molecular weight excluding hydrogens is 386 g/mol. The first-order valence-corrected chi connectivity index (χ1v) is 9.66. The minimum atomic E-state index is -0.581. The van der Waals surface area contributed by atoms with E-state index in [9.17, 15) is 9.59 Å². The molecule has 0 radical (unpaired) electrons. The van der Waals surface area contributed by atoms with Crippen LogP contribution in [0.3, 0.4) is 0 Å². The van der Waals surface area contributed by atoms with E-state index in [1.807, 2.05) is 48.7 Å². The average molecular weight is 406 g/mol. The second kappa shape index (κ2) is 8.25. The van der Waals surface area contributed by atoms with Gasteiger partial charge in [0.1, 0.15) is 4.88 Å². The molecule has 2 aromatic heterocycles. The van der Waals surface area contributed by atoms with Gasteiger partial charge in [0.05, 0.1) is 11.6 Å². The summed E-state index contributed by atoms with van der Waals surface area (Å²) in [5, 5.41) is 1.18. The van der Waals surface area contributed by atoms with Crippen molar-refractivity contribution in [1.82, 2.24) is 4.57 Å². The number of ketones is 1. The van der Waals surface area contributed by atoms with Gasteiger partial charge in [-0.25, -0.2) is 4.79 Å².